The number of aromatic nitrogens is 2. The molecule has 1 aromatic carbocycles. The van der Waals surface area contributed by atoms with Crippen LogP contribution in [0.5, 0.6) is 0 Å². The lowest BCUT2D eigenvalue weighted by atomic mass is 10.0. The summed E-state index contributed by atoms with van der Waals surface area (Å²) in [5, 5.41) is 7.49. The fraction of sp³-hybridized carbons (Fsp3) is 0.455. The van der Waals surface area contributed by atoms with E-state index in [1.165, 1.54) is 5.57 Å². The Bertz CT molecular complexity index is 792. The SMILES string of the molecule is C/C=C(\C)CN1CCC(n2nccc2NC(=O)C(OC)c2ccccc2)CC1. The van der Waals surface area contributed by atoms with Crippen LogP contribution in [0.2, 0.25) is 0 Å². The number of methoxy groups -OCH3 is 1. The van der Waals surface area contributed by atoms with Crippen molar-refractivity contribution in [3.8, 4) is 0 Å². The van der Waals surface area contributed by atoms with Crippen molar-refractivity contribution in [2.45, 2.75) is 38.8 Å². The van der Waals surface area contributed by atoms with Crippen LogP contribution in [0.4, 0.5) is 5.82 Å². The quantitative estimate of drug-likeness (QED) is 0.740. The molecule has 0 saturated carbocycles. The van der Waals surface area contributed by atoms with Crippen molar-refractivity contribution in [2.75, 3.05) is 32.1 Å². The van der Waals surface area contributed by atoms with Gasteiger partial charge in [-0.3, -0.25) is 9.69 Å². The first-order valence-electron chi connectivity index (χ1n) is 9.88. The number of hydrogen-bond acceptors (Lipinski definition) is 4. The number of anilines is 1. The number of nitrogens with zero attached hydrogens (tertiary/aromatic N) is 3. The van der Waals surface area contributed by atoms with Crippen LogP contribution < -0.4 is 5.32 Å². The highest BCUT2D eigenvalue weighted by molar-refractivity contribution is 5.94. The molecular weight excluding hydrogens is 352 g/mol. The highest BCUT2D eigenvalue weighted by Gasteiger charge is 2.25. The monoisotopic (exact) mass is 382 g/mol. The van der Waals surface area contributed by atoms with Gasteiger partial charge in [-0.15, -0.1) is 0 Å². The maximum absolute atomic E-state index is 12.8. The molecule has 2 heterocycles. The molecule has 1 atom stereocenters. The molecule has 0 bridgehead atoms. The molecule has 6 nitrogen and oxygen atoms in total. The van der Waals surface area contributed by atoms with Gasteiger partial charge in [0.15, 0.2) is 6.10 Å². The Morgan fingerprint density at radius 3 is 2.64 bits per heavy atom. The smallest absolute Gasteiger partial charge is 0.259 e. The zero-order valence-corrected chi connectivity index (χ0v) is 17.0. The zero-order chi connectivity index (χ0) is 19.9. The van der Waals surface area contributed by atoms with Gasteiger partial charge in [-0.25, -0.2) is 4.68 Å². The van der Waals surface area contributed by atoms with Crippen LogP contribution in [-0.4, -0.2) is 47.3 Å². The highest BCUT2D eigenvalue weighted by Crippen LogP contribution is 2.27. The minimum absolute atomic E-state index is 0.184. The minimum Gasteiger partial charge on any atom is -0.367 e. The van der Waals surface area contributed by atoms with Crippen molar-refractivity contribution in [2.24, 2.45) is 0 Å². The summed E-state index contributed by atoms with van der Waals surface area (Å²) >= 11 is 0. The van der Waals surface area contributed by atoms with Crippen molar-refractivity contribution >= 4 is 11.7 Å². The topological polar surface area (TPSA) is 59.4 Å². The van der Waals surface area contributed by atoms with E-state index in [4.69, 9.17) is 4.74 Å². The lowest BCUT2D eigenvalue weighted by molar-refractivity contribution is -0.126. The third-order valence-electron chi connectivity index (χ3n) is 5.37. The van der Waals surface area contributed by atoms with Crippen LogP contribution >= 0.6 is 0 Å². The van der Waals surface area contributed by atoms with Crippen molar-refractivity contribution in [3.63, 3.8) is 0 Å². The number of amides is 1. The number of carbonyl (C=O) groups is 1. The van der Waals surface area contributed by atoms with Crippen LogP contribution in [0.3, 0.4) is 0 Å². The second kappa shape index (κ2) is 9.66. The van der Waals surface area contributed by atoms with Crippen molar-refractivity contribution in [1.82, 2.24) is 14.7 Å². The van der Waals surface area contributed by atoms with E-state index in [-0.39, 0.29) is 5.91 Å². The first-order valence-corrected chi connectivity index (χ1v) is 9.88. The Labute approximate surface area is 167 Å². The van der Waals surface area contributed by atoms with E-state index >= 15 is 0 Å². The van der Waals surface area contributed by atoms with Gasteiger partial charge in [0.2, 0.25) is 0 Å². The van der Waals surface area contributed by atoms with E-state index in [9.17, 15) is 4.79 Å². The summed E-state index contributed by atoms with van der Waals surface area (Å²) in [5.41, 5.74) is 2.23. The number of nitrogens with one attached hydrogen (secondary N) is 1. The molecule has 150 valence electrons. The van der Waals surface area contributed by atoms with Gasteiger partial charge in [0.25, 0.3) is 5.91 Å². The first-order chi connectivity index (χ1) is 13.6. The second-order valence-electron chi connectivity index (χ2n) is 7.32. The number of allylic oxidation sites excluding steroid dienone is 1. The van der Waals surface area contributed by atoms with Crippen LogP contribution in [0.1, 0.15) is 44.4 Å². The summed E-state index contributed by atoms with van der Waals surface area (Å²) in [6.45, 7) is 7.36. The van der Waals surface area contributed by atoms with Gasteiger partial charge in [0, 0.05) is 32.8 Å². The standard InChI is InChI=1S/C22H30N4O2/c1-4-17(2)16-25-14-11-19(12-15-25)26-20(10-13-23-26)24-22(27)21(28-3)18-8-6-5-7-9-18/h4-10,13,19,21H,11-12,14-16H2,1-3H3,(H,24,27)/b17-4+. The Hall–Kier alpha value is -2.44. The van der Waals surface area contributed by atoms with Crippen LogP contribution in [-0.2, 0) is 9.53 Å². The average Bonchev–Trinajstić information content (AvgIpc) is 3.18. The Morgan fingerprint density at radius 2 is 2.00 bits per heavy atom. The molecule has 0 radical (unpaired) electrons. The molecule has 1 saturated heterocycles. The lowest BCUT2D eigenvalue weighted by Crippen LogP contribution is -2.36. The molecule has 6 heteroatoms. The first kappa shape index (κ1) is 20.3. The van der Waals surface area contributed by atoms with Crippen molar-refractivity contribution in [1.29, 1.82) is 0 Å². The number of benzene rings is 1. The van der Waals surface area contributed by atoms with E-state index in [1.54, 1.807) is 13.3 Å². The third kappa shape index (κ3) is 4.88. The Morgan fingerprint density at radius 1 is 1.29 bits per heavy atom. The van der Waals surface area contributed by atoms with Crippen molar-refractivity contribution in [3.05, 3.63) is 59.8 Å². The molecular formula is C22H30N4O2. The largest absolute Gasteiger partial charge is 0.367 e. The van der Waals surface area contributed by atoms with Gasteiger partial charge >= 0.3 is 0 Å². The van der Waals surface area contributed by atoms with Gasteiger partial charge in [-0.2, -0.15) is 5.10 Å². The predicted molar refractivity (Wildman–Crippen MR) is 111 cm³/mol. The number of carbonyl (C=O) groups excluding carboxylic acids is 1. The zero-order valence-electron chi connectivity index (χ0n) is 17.0. The van der Waals surface area contributed by atoms with Gasteiger partial charge in [0.1, 0.15) is 5.82 Å². The molecule has 1 aromatic heterocycles. The molecule has 1 aliphatic heterocycles. The summed E-state index contributed by atoms with van der Waals surface area (Å²) < 4.78 is 7.39. The minimum atomic E-state index is -0.643. The Balaban J connectivity index is 1.63. The fourth-order valence-electron chi connectivity index (χ4n) is 3.68. The molecule has 1 unspecified atom stereocenters. The van der Waals surface area contributed by atoms with Gasteiger partial charge in [-0.1, -0.05) is 42.0 Å². The number of piperidine rings is 1. The molecule has 3 rings (SSSR count). The molecule has 1 fully saturated rings. The van der Waals surface area contributed by atoms with Crippen LogP contribution in [0.25, 0.3) is 0 Å². The molecule has 28 heavy (non-hydrogen) atoms. The van der Waals surface area contributed by atoms with Gasteiger partial charge < -0.3 is 10.1 Å². The van der Waals surface area contributed by atoms with E-state index < -0.39 is 6.10 Å². The number of hydrogen-bond donors (Lipinski definition) is 1. The molecule has 1 amide bonds. The van der Waals surface area contributed by atoms with E-state index in [2.05, 4.69) is 35.2 Å². The highest BCUT2D eigenvalue weighted by atomic mass is 16.5. The predicted octanol–water partition coefficient (Wildman–Crippen LogP) is 3.81. The van der Waals surface area contributed by atoms with E-state index in [0.29, 0.717) is 6.04 Å². The third-order valence-corrected chi connectivity index (χ3v) is 5.37. The molecule has 0 spiro atoms. The van der Waals surface area contributed by atoms with Gasteiger partial charge in [-0.05, 0) is 32.3 Å². The Kier molecular flexibility index (Phi) is 7.01. The van der Waals surface area contributed by atoms with Crippen molar-refractivity contribution < 1.29 is 9.53 Å². The second-order valence-corrected chi connectivity index (χ2v) is 7.32. The molecule has 1 N–H and O–H groups in total. The maximum Gasteiger partial charge on any atom is 0.259 e. The summed E-state index contributed by atoms with van der Waals surface area (Å²) in [4.78, 5) is 15.3. The number of ether oxygens (including phenoxy) is 1. The number of rotatable bonds is 7. The molecule has 0 aliphatic carbocycles. The van der Waals surface area contributed by atoms with E-state index in [0.717, 1.165) is 43.9 Å². The molecule has 1 aliphatic rings. The fourth-order valence-corrected chi connectivity index (χ4v) is 3.68. The number of likely N-dealkylation sites (tertiary alicyclic amines) is 1. The summed E-state index contributed by atoms with van der Waals surface area (Å²) in [5.74, 6) is 0.544. The summed E-state index contributed by atoms with van der Waals surface area (Å²) in [6, 6.07) is 11.7. The van der Waals surface area contributed by atoms with Gasteiger partial charge in [0.05, 0.1) is 12.2 Å². The molecule has 2 aromatic rings. The average molecular weight is 383 g/mol. The summed E-state index contributed by atoms with van der Waals surface area (Å²) in [6.07, 6.45) is 5.32. The van der Waals surface area contributed by atoms with E-state index in [1.807, 2.05) is 41.1 Å². The maximum atomic E-state index is 12.8. The lowest BCUT2D eigenvalue weighted by Gasteiger charge is -2.33. The summed E-state index contributed by atoms with van der Waals surface area (Å²) in [7, 11) is 1.55. The normalized spacial score (nSPS) is 17.5. The van der Waals surface area contributed by atoms with Crippen LogP contribution in [0, 0.1) is 0 Å². The van der Waals surface area contributed by atoms with Crippen LogP contribution in [0.15, 0.2) is 54.2 Å².